The lowest BCUT2D eigenvalue weighted by Crippen LogP contribution is -2.30. The first-order valence-electron chi connectivity index (χ1n) is 10.4. The van der Waals surface area contributed by atoms with Gasteiger partial charge in [-0.15, -0.1) is 0 Å². The van der Waals surface area contributed by atoms with Crippen molar-refractivity contribution in [1.29, 1.82) is 15.8 Å². The Morgan fingerprint density at radius 1 is 1.13 bits per heavy atom. The molecular formula is C26H31N3O2. The molecular weight excluding hydrogens is 386 g/mol. The maximum atomic E-state index is 11.7. The highest BCUT2D eigenvalue weighted by molar-refractivity contribution is 5.95. The van der Waals surface area contributed by atoms with Crippen molar-refractivity contribution in [2.24, 2.45) is 23.2 Å². The van der Waals surface area contributed by atoms with Crippen molar-refractivity contribution in [3.05, 3.63) is 60.4 Å². The van der Waals surface area contributed by atoms with Gasteiger partial charge in [0.15, 0.2) is 5.76 Å². The summed E-state index contributed by atoms with van der Waals surface area (Å²) in [5.74, 6) is 0.122. The first kappa shape index (κ1) is 25.7. The summed E-state index contributed by atoms with van der Waals surface area (Å²) in [6.45, 7) is 13.4. The molecule has 0 saturated carbocycles. The maximum Gasteiger partial charge on any atom is 0.234 e. The van der Waals surface area contributed by atoms with Crippen LogP contribution >= 0.6 is 0 Å². The Morgan fingerprint density at radius 3 is 2.23 bits per heavy atom. The molecule has 1 aliphatic rings. The van der Waals surface area contributed by atoms with Crippen LogP contribution in [0.5, 0.6) is 0 Å². The van der Waals surface area contributed by atoms with Gasteiger partial charge in [-0.2, -0.15) is 15.8 Å². The molecule has 0 aromatic heterocycles. The Kier molecular flexibility index (Phi) is 9.23. The molecule has 0 N–H and O–H groups in total. The largest absolute Gasteiger partial charge is 0.483 e. The van der Waals surface area contributed by atoms with Crippen LogP contribution in [0.15, 0.2) is 60.4 Å². The molecule has 1 aliphatic heterocycles. The van der Waals surface area contributed by atoms with Gasteiger partial charge in [-0.3, -0.25) is 4.79 Å². The van der Waals surface area contributed by atoms with Crippen LogP contribution in [0.3, 0.4) is 0 Å². The molecule has 1 saturated heterocycles. The number of ether oxygens (including phenoxy) is 1. The Hall–Kier alpha value is -3.36. The smallest absolute Gasteiger partial charge is 0.234 e. The fourth-order valence-corrected chi connectivity index (χ4v) is 3.29. The lowest BCUT2D eigenvalue weighted by molar-refractivity contribution is -0.115. The predicted octanol–water partition coefficient (Wildman–Crippen LogP) is 5.72. The van der Waals surface area contributed by atoms with Crippen LogP contribution in [0.25, 0.3) is 0 Å². The summed E-state index contributed by atoms with van der Waals surface area (Å²) in [6.07, 6.45) is 14.8. The molecule has 4 unspecified atom stereocenters. The van der Waals surface area contributed by atoms with E-state index in [1.54, 1.807) is 19.1 Å². The summed E-state index contributed by atoms with van der Waals surface area (Å²) in [6, 6.07) is 5.42. The lowest BCUT2D eigenvalue weighted by atomic mass is 9.80. The molecule has 31 heavy (non-hydrogen) atoms. The van der Waals surface area contributed by atoms with Crippen molar-refractivity contribution >= 4 is 5.78 Å². The van der Waals surface area contributed by atoms with Crippen LogP contribution in [0.4, 0.5) is 0 Å². The van der Waals surface area contributed by atoms with Crippen molar-refractivity contribution in [3.8, 4) is 18.2 Å². The third-order valence-corrected chi connectivity index (χ3v) is 5.73. The minimum absolute atomic E-state index is 0.0313. The van der Waals surface area contributed by atoms with Crippen molar-refractivity contribution in [2.45, 2.75) is 53.1 Å². The van der Waals surface area contributed by atoms with Crippen LogP contribution in [-0.4, -0.2) is 11.4 Å². The minimum Gasteiger partial charge on any atom is -0.483 e. The van der Waals surface area contributed by atoms with Gasteiger partial charge in [0.05, 0.1) is 6.42 Å². The van der Waals surface area contributed by atoms with Crippen LogP contribution in [0.2, 0.25) is 0 Å². The van der Waals surface area contributed by atoms with Gasteiger partial charge in [-0.1, -0.05) is 75.5 Å². The highest BCUT2D eigenvalue weighted by atomic mass is 16.5. The minimum atomic E-state index is -1.65. The second-order valence-corrected chi connectivity index (χ2v) is 8.51. The van der Waals surface area contributed by atoms with Gasteiger partial charge in [0.25, 0.3) is 0 Å². The quantitative estimate of drug-likeness (QED) is 0.353. The van der Waals surface area contributed by atoms with Gasteiger partial charge in [0.1, 0.15) is 23.8 Å². The fraction of sp³-hybridized carbons (Fsp3) is 0.462. The van der Waals surface area contributed by atoms with E-state index in [9.17, 15) is 4.79 Å². The lowest BCUT2D eigenvalue weighted by Gasteiger charge is -2.27. The van der Waals surface area contributed by atoms with Crippen molar-refractivity contribution in [3.63, 3.8) is 0 Å². The van der Waals surface area contributed by atoms with E-state index in [2.05, 4.69) is 19.6 Å². The zero-order chi connectivity index (χ0) is 23.7. The molecule has 1 heterocycles. The number of allylic oxidation sites excluding steroid dienone is 8. The van der Waals surface area contributed by atoms with Crippen LogP contribution in [0.1, 0.15) is 47.5 Å². The number of Topliss-reactive ketones (excluding diaryl/α,β-unsaturated/α-hetero) is 1. The van der Waals surface area contributed by atoms with Crippen LogP contribution in [0, 0.1) is 57.2 Å². The van der Waals surface area contributed by atoms with Gasteiger partial charge in [0.2, 0.25) is 11.2 Å². The number of nitriles is 3. The van der Waals surface area contributed by atoms with Gasteiger partial charge in [0, 0.05) is 11.8 Å². The van der Waals surface area contributed by atoms with Gasteiger partial charge >= 0.3 is 0 Å². The highest BCUT2D eigenvalue weighted by Crippen LogP contribution is 2.36. The van der Waals surface area contributed by atoms with E-state index in [-0.39, 0.29) is 17.5 Å². The Morgan fingerprint density at radius 2 is 1.71 bits per heavy atom. The molecule has 1 rings (SSSR count). The summed E-state index contributed by atoms with van der Waals surface area (Å²) in [5.41, 5.74) is -1.04. The van der Waals surface area contributed by atoms with E-state index in [0.717, 1.165) is 12.0 Å². The topological polar surface area (TPSA) is 97.7 Å². The van der Waals surface area contributed by atoms with Gasteiger partial charge < -0.3 is 4.74 Å². The molecule has 1 fully saturated rings. The van der Waals surface area contributed by atoms with Crippen LogP contribution in [-0.2, 0) is 9.53 Å². The van der Waals surface area contributed by atoms with Gasteiger partial charge in [-0.05, 0) is 26.2 Å². The molecule has 0 aromatic carbocycles. The van der Waals surface area contributed by atoms with E-state index >= 15 is 0 Å². The van der Waals surface area contributed by atoms with Crippen molar-refractivity contribution in [1.82, 2.24) is 0 Å². The number of rotatable bonds is 9. The summed E-state index contributed by atoms with van der Waals surface area (Å²) in [5, 5.41) is 27.4. The monoisotopic (exact) mass is 417 g/mol. The molecule has 4 atom stereocenters. The van der Waals surface area contributed by atoms with E-state index in [1.807, 2.05) is 63.3 Å². The molecule has 0 radical (unpaired) electrons. The Bertz CT molecular complexity index is 879. The van der Waals surface area contributed by atoms with Gasteiger partial charge in [-0.25, -0.2) is 0 Å². The second kappa shape index (κ2) is 11.1. The third kappa shape index (κ3) is 6.84. The average molecular weight is 418 g/mol. The molecule has 162 valence electrons. The number of nitrogens with zero attached hydrogens (tertiary/aromatic N) is 3. The number of ketones is 1. The van der Waals surface area contributed by atoms with E-state index in [0.29, 0.717) is 12.3 Å². The van der Waals surface area contributed by atoms with Crippen molar-refractivity contribution < 1.29 is 9.53 Å². The van der Waals surface area contributed by atoms with E-state index in [4.69, 9.17) is 20.5 Å². The average Bonchev–Trinajstić information content (AvgIpc) is 2.99. The molecule has 0 amide bonds. The number of carbonyl (C=O) groups is 1. The normalized spacial score (nSPS) is 22.8. The molecule has 0 aromatic rings. The maximum absolute atomic E-state index is 11.7. The molecule has 0 spiro atoms. The molecule has 0 aliphatic carbocycles. The number of carbonyl (C=O) groups excluding carboxylic acids is 1. The summed E-state index contributed by atoms with van der Waals surface area (Å²) in [7, 11) is 0. The van der Waals surface area contributed by atoms with E-state index in [1.165, 1.54) is 0 Å². The number of hydrogen-bond acceptors (Lipinski definition) is 5. The zero-order valence-corrected chi connectivity index (χ0v) is 19.1. The molecule has 5 heteroatoms. The summed E-state index contributed by atoms with van der Waals surface area (Å²) in [4.78, 5) is 11.7. The predicted molar refractivity (Wildman–Crippen MR) is 121 cm³/mol. The zero-order valence-electron chi connectivity index (χ0n) is 19.1. The SMILES string of the molecule is C=C1OC(C)(C(C)/C=C/C=C/C(C)C/C(C)=C/C=C/C(C)C(C#N)(C#N)C#N)CC1=O. The summed E-state index contributed by atoms with van der Waals surface area (Å²) < 4.78 is 5.66. The fourth-order valence-electron chi connectivity index (χ4n) is 3.29. The van der Waals surface area contributed by atoms with Crippen molar-refractivity contribution in [2.75, 3.05) is 0 Å². The Balaban J connectivity index is 2.60. The standard InChI is InChI=1S/C26H31N3O2/c1-19(10-7-8-12-21(3)25(6)15-24(30)23(5)31-25)14-20(2)11-9-13-22(4)26(16-27,17-28)18-29/h7-13,19,21-22H,5,14-15H2,1-4,6H3/b10-7+,12-8+,13-9+,20-11+. The third-order valence-electron chi connectivity index (χ3n) is 5.73. The number of hydrogen-bond donors (Lipinski definition) is 0. The second-order valence-electron chi connectivity index (χ2n) is 8.51. The first-order chi connectivity index (χ1) is 14.5. The molecule has 5 nitrogen and oxygen atoms in total. The summed E-state index contributed by atoms with van der Waals surface area (Å²) >= 11 is 0. The van der Waals surface area contributed by atoms with E-state index < -0.39 is 16.9 Å². The highest BCUT2D eigenvalue weighted by Gasteiger charge is 2.42. The first-order valence-corrected chi connectivity index (χ1v) is 10.4. The van der Waals surface area contributed by atoms with Crippen LogP contribution < -0.4 is 0 Å². The Labute approximate surface area is 186 Å². The molecule has 0 bridgehead atoms.